The van der Waals surface area contributed by atoms with Gasteiger partial charge in [-0.05, 0) is 24.3 Å². The van der Waals surface area contributed by atoms with E-state index in [2.05, 4.69) is 10.6 Å². The molecule has 0 spiro atoms. The predicted octanol–water partition coefficient (Wildman–Crippen LogP) is 1.86. The largest absolute Gasteiger partial charge is 0.467 e. The number of amides is 2. The van der Waals surface area contributed by atoms with E-state index in [1.165, 1.54) is 31.6 Å². The normalized spacial score (nSPS) is 11.7. The van der Waals surface area contributed by atoms with Crippen LogP contribution in [0.1, 0.15) is 11.9 Å². The Morgan fingerprint density at radius 2 is 2.00 bits per heavy atom. The Hall–Kier alpha value is -2.67. The third-order valence-electron chi connectivity index (χ3n) is 2.92. The molecule has 0 bridgehead atoms. The van der Waals surface area contributed by atoms with E-state index in [0.29, 0.717) is 5.76 Å². The number of ether oxygens (including phenoxy) is 1. The molecule has 7 heteroatoms. The molecule has 0 fully saturated rings. The van der Waals surface area contributed by atoms with E-state index in [9.17, 15) is 14.0 Å². The standard InChI is InChI=1S/C15H15FN2O4/c1-21-13(12-7-4-8-22-12)9-17-14(19)15(20)18-11-6-3-2-5-10(11)16/h2-8,13H,9H2,1H3,(H,17,19)(H,18,20). The van der Waals surface area contributed by atoms with Crippen molar-refractivity contribution in [3.8, 4) is 0 Å². The third kappa shape index (κ3) is 3.92. The van der Waals surface area contributed by atoms with Gasteiger partial charge in [0.05, 0.1) is 18.5 Å². The van der Waals surface area contributed by atoms with E-state index in [1.54, 1.807) is 18.2 Å². The summed E-state index contributed by atoms with van der Waals surface area (Å²) in [5.41, 5.74) is -0.0584. The summed E-state index contributed by atoms with van der Waals surface area (Å²) >= 11 is 0. The lowest BCUT2D eigenvalue weighted by molar-refractivity contribution is -0.136. The highest BCUT2D eigenvalue weighted by Gasteiger charge is 2.19. The molecule has 1 aromatic heterocycles. The van der Waals surface area contributed by atoms with Crippen LogP contribution in [-0.4, -0.2) is 25.5 Å². The zero-order valence-corrected chi connectivity index (χ0v) is 11.8. The van der Waals surface area contributed by atoms with E-state index in [4.69, 9.17) is 9.15 Å². The molecule has 1 aromatic carbocycles. The van der Waals surface area contributed by atoms with E-state index in [-0.39, 0.29) is 12.2 Å². The maximum atomic E-state index is 13.4. The number of rotatable bonds is 5. The molecule has 22 heavy (non-hydrogen) atoms. The maximum Gasteiger partial charge on any atom is 0.313 e. The molecule has 116 valence electrons. The van der Waals surface area contributed by atoms with Gasteiger partial charge in [0, 0.05) is 7.11 Å². The van der Waals surface area contributed by atoms with Gasteiger partial charge in [0.15, 0.2) is 0 Å². The fourth-order valence-electron chi connectivity index (χ4n) is 1.78. The minimum atomic E-state index is -0.959. The van der Waals surface area contributed by atoms with Crippen molar-refractivity contribution in [1.29, 1.82) is 0 Å². The van der Waals surface area contributed by atoms with E-state index in [0.717, 1.165) is 0 Å². The monoisotopic (exact) mass is 306 g/mol. The Balaban J connectivity index is 1.89. The first-order chi connectivity index (χ1) is 10.6. The molecule has 0 aliphatic rings. The lowest BCUT2D eigenvalue weighted by atomic mass is 10.2. The smallest absolute Gasteiger partial charge is 0.313 e. The van der Waals surface area contributed by atoms with Crippen LogP contribution in [0.25, 0.3) is 0 Å². The fourth-order valence-corrected chi connectivity index (χ4v) is 1.78. The van der Waals surface area contributed by atoms with Gasteiger partial charge in [0.25, 0.3) is 0 Å². The molecule has 6 nitrogen and oxygen atoms in total. The molecule has 2 N–H and O–H groups in total. The maximum absolute atomic E-state index is 13.4. The molecule has 1 heterocycles. The van der Waals surface area contributed by atoms with Crippen molar-refractivity contribution in [2.75, 3.05) is 19.0 Å². The van der Waals surface area contributed by atoms with Crippen molar-refractivity contribution >= 4 is 17.5 Å². The molecule has 0 saturated heterocycles. The van der Waals surface area contributed by atoms with E-state index < -0.39 is 23.7 Å². The predicted molar refractivity (Wildman–Crippen MR) is 76.5 cm³/mol. The number of hydrogen-bond acceptors (Lipinski definition) is 4. The summed E-state index contributed by atoms with van der Waals surface area (Å²) < 4.78 is 23.7. The molecule has 1 unspecified atom stereocenters. The highest BCUT2D eigenvalue weighted by molar-refractivity contribution is 6.39. The van der Waals surface area contributed by atoms with Gasteiger partial charge < -0.3 is 19.8 Å². The summed E-state index contributed by atoms with van der Waals surface area (Å²) in [5, 5.41) is 4.60. The second-order valence-electron chi connectivity index (χ2n) is 4.38. The van der Waals surface area contributed by atoms with Crippen LogP contribution in [0.3, 0.4) is 0 Å². The molecule has 2 aromatic rings. The Labute approximate surface area is 126 Å². The summed E-state index contributed by atoms with van der Waals surface area (Å²) in [7, 11) is 1.46. The highest BCUT2D eigenvalue weighted by Crippen LogP contribution is 2.16. The van der Waals surface area contributed by atoms with Crippen LogP contribution in [0.2, 0.25) is 0 Å². The first kappa shape index (κ1) is 15.7. The van der Waals surface area contributed by atoms with Gasteiger partial charge in [-0.25, -0.2) is 4.39 Å². The van der Waals surface area contributed by atoms with Crippen molar-refractivity contribution in [2.45, 2.75) is 6.10 Å². The number of furan rings is 1. The molecule has 1 atom stereocenters. The number of carbonyl (C=O) groups is 2. The lowest BCUT2D eigenvalue weighted by Gasteiger charge is -2.13. The van der Waals surface area contributed by atoms with Gasteiger partial charge in [-0.15, -0.1) is 0 Å². The second-order valence-corrected chi connectivity index (χ2v) is 4.38. The number of benzene rings is 1. The first-order valence-electron chi connectivity index (χ1n) is 6.51. The van der Waals surface area contributed by atoms with Crippen LogP contribution in [-0.2, 0) is 14.3 Å². The molecule has 0 saturated carbocycles. The van der Waals surface area contributed by atoms with Crippen molar-refractivity contribution in [1.82, 2.24) is 5.32 Å². The summed E-state index contributed by atoms with van der Waals surface area (Å²) in [5.74, 6) is -1.94. The van der Waals surface area contributed by atoms with Gasteiger partial charge in [0.2, 0.25) is 0 Å². The minimum Gasteiger partial charge on any atom is -0.467 e. The number of carbonyl (C=O) groups excluding carboxylic acids is 2. The van der Waals surface area contributed by atoms with Gasteiger partial charge in [-0.3, -0.25) is 9.59 Å². The Morgan fingerprint density at radius 1 is 1.23 bits per heavy atom. The number of hydrogen-bond donors (Lipinski definition) is 2. The molecule has 0 aliphatic carbocycles. The molecule has 0 radical (unpaired) electrons. The first-order valence-corrected chi connectivity index (χ1v) is 6.51. The molecular formula is C15H15FN2O4. The van der Waals surface area contributed by atoms with E-state index >= 15 is 0 Å². The average Bonchev–Trinajstić information content (AvgIpc) is 3.04. The van der Waals surface area contributed by atoms with Crippen molar-refractivity contribution in [3.05, 3.63) is 54.2 Å². The van der Waals surface area contributed by atoms with Crippen LogP contribution in [0.15, 0.2) is 47.1 Å². The molecule has 2 rings (SSSR count). The zero-order valence-electron chi connectivity index (χ0n) is 11.8. The van der Waals surface area contributed by atoms with Gasteiger partial charge in [-0.2, -0.15) is 0 Å². The Kier molecular flexibility index (Phi) is 5.26. The number of anilines is 1. The van der Waals surface area contributed by atoms with Crippen LogP contribution in [0.4, 0.5) is 10.1 Å². The minimum absolute atomic E-state index is 0.0491. The molecule has 2 amide bonds. The quantitative estimate of drug-likeness (QED) is 0.826. The van der Waals surface area contributed by atoms with E-state index in [1.807, 2.05) is 0 Å². The number of methoxy groups -OCH3 is 1. The molecular weight excluding hydrogens is 291 g/mol. The second kappa shape index (κ2) is 7.37. The lowest BCUT2D eigenvalue weighted by Crippen LogP contribution is -2.38. The Bertz CT molecular complexity index is 643. The van der Waals surface area contributed by atoms with Crippen molar-refractivity contribution < 1.29 is 23.1 Å². The number of para-hydroxylation sites is 1. The average molecular weight is 306 g/mol. The van der Waals surface area contributed by atoms with Gasteiger partial charge in [-0.1, -0.05) is 12.1 Å². The summed E-state index contributed by atoms with van der Waals surface area (Å²) in [6, 6.07) is 8.96. The fraction of sp³-hybridized carbons (Fsp3) is 0.200. The van der Waals surface area contributed by atoms with Crippen LogP contribution < -0.4 is 10.6 Å². The summed E-state index contributed by atoms with van der Waals surface area (Å²) in [4.78, 5) is 23.4. The van der Waals surface area contributed by atoms with Crippen LogP contribution >= 0.6 is 0 Å². The van der Waals surface area contributed by atoms with Crippen LogP contribution in [0, 0.1) is 5.82 Å². The SMILES string of the molecule is COC(CNC(=O)C(=O)Nc1ccccc1F)c1ccco1. The topological polar surface area (TPSA) is 80.6 Å². The summed E-state index contributed by atoms with van der Waals surface area (Å²) in [6.07, 6.45) is 0.967. The number of halogens is 1. The van der Waals surface area contributed by atoms with Crippen molar-refractivity contribution in [3.63, 3.8) is 0 Å². The Morgan fingerprint density at radius 3 is 2.64 bits per heavy atom. The molecule has 0 aliphatic heterocycles. The van der Waals surface area contributed by atoms with Gasteiger partial charge in [0.1, 0.15) is 17.7 Å². The zero-order chi connectivity index (χ0) is 15.9. The number of nitrogens with one attached hydrogen (secondary N) is 2. The highest BCUT2D eigenvalue weighted by atomic mass is 19.1. The van der Waals surface area contributed by atoms with Crippen LogP contribution in [0.5, 0.6) is 0 Å². The van der Waals surface area contributed by atoms with Gasteiger partial charge >= 0.3 is 11.8 Å². The van der Waals surface area contributed by atoms with Crippen molar-refractivity contribution in [2.24, 2.45) is 0 Å². The summed E-state index contributed by atoms with van der Waals surface area (Å²) in [6.45, 7) is 0.0491. The third-order valence-corrected chi connectivity index (χ3v) is 2.92.